The average Bonchev–Trinajstić information content (AvgIpc) is 3.35. The number of aliphatic hydroxyl groups is 1. The maximum atomic E-state index is 13.1. The van der Waals surface area contributed by atoms with Gasteiger partial charge in [-0.05, 0) is 31.5 Å². The van der Waals surface area contributed by atoms with Gasteiger partial charge in [0.15, 0.2) is 17.3 Å². The Morgan fingerprint density at radius 3 is 2.50 bits per heavy atom. The van der Waals surface area contributed by atoms with Crippen molar-refractivity contribution >= 4 is 23.3 Å². The second-order valence-electron chi connectivity index (χ2n) is 7.17. The number of aliphatic hydroxyl groups excluding tert-OH is 1. The first-order chi connectivity index (χ1) is 15.5. The number of rotatable bonds is 6. The van der Waals surface area contributed by atoms with Crippen LogP contribution in [-0.4, -0.2) is 35.7 Å². The van der Waals surface area contributed by atoms with E-state index in [1.807, 2.05) is 6.92 Å². The molecular formula is C24H22N2O6. The van der Waals surface area contributed by atoms with Crippen LogP contribution < -0.4 is 14.4 Å². The van der Waals surface area contributed by atoms with Gasteiger partial charge in [-0.2, -0.15) is 0 Å². The van der Waals surface area contributed by atoms with E-state index in [2.05, 4.69) is 5.16 Å². The SMILES string of the molecule is CCOc1ccc([C@H]2/C(=C(\O)c3ccccc3)C(=O)C(=O)N2c2cc(C)on2)cc1OC. The van der Waals surface area contributed by atoms with Gasteiger partial charge in [-0.3, -0.25) is 14.5 Å². The lowest BCUT2D eigenvalue weighted by molar-refractivity contribution is -0.132. The molecule has 0 bridgehead atoms. The van der Waals surface area contributed by atoms with Crippen molar-refractivity contribution in [2.45, 2.75) is 19.9 Å². The number of hydrogen-bond donors (Lipinski definition) is 1. The number of hydrogen-bond acceptors (Lipinski definition) is 7. The summed E-state index contributed by atoms with van der Waals surface area (Å²) < 4.78 is 16.2. The number of Topliss-reactive ketones (excluding diaryl/α,β-unsaturated/α-hetero) is 1. The van der Waals surface area contributed by atoms with Gasteiger partial charge < -0.3 is 19.1 Å². The Bertz CT molecular complexity index is 1200. The van der Waals surface area contributed by atoms with Crippen molar-refractivity contribution in [1.82, 2.24) is 5.16 Å². The van der Waals surface area contributed by atoms with Crippen LogP contribution in [0.5, 0.6) is 11.5 Å². The highest BCUT2D eigenvalue weighted by Gasteiger charge is 2.48. The molecule has 1 aromatic heterocycles. The highest BCUT2D eigenvalue weighted by Crippen LogP contribution is 2.43. The van der Waals surface area contributed by atoms with E-state index in [9.17, 15) is 14.7 Å². The fourth-order valence-corrected chi connectivity index (χ4v) is 3.73. The van der Waals surface area contributed by atoms with Crippen molar-refractivity contribution in [3.05, 3.63) is 77.1 Å². The number of nitrogens with zero attached hydrogens (tertiary/aromatic N) is 2. The topological polar surface area (TPSA) is 102 Å². The van der Waals surface area contributed by atoms with Crippen molar-refractivity contribution in [2.24, 2.45) is 0 Å². The second-order valence-corrected chi connectivity index (χ2v) is 7.17. The van der Waals surface area contributed by atoms with E-state index in [0.29, 0.717) is 35.0 Å². The van der Waals surface area contributed by atoms with Gasteiger partial charge in [0.25, 0.3) is 5.78 Å². The third-order valence-electron chi connectivity index (χ3n) is 5.16. The number of ketones is 1. The molecule has 1 saturated heterocycles. The van der Waals surface area contributed by atoms with E-state index in [1.165, 1.54) is 12.0 Å². The maximum Gasteiger partial charge on any atom is 0.301 e. The molecular weight excluding hydrogens is 412 g/mol. The highest BCUT2D eigenvalue weighted by atomic mass is 16.5. The van der Waals surface area contributed by atoms with Crippen molar-refractivity contribution in [2.75, 3.05) is 18.6 Å². The Morgan fingerprint density at radius 2 is 1.88 bits per heavy atom. The third-order valence-corrected chi connectivity index (χ3v) is 5.16. The molecule has 3 aromatic rings. The van der Waals surface area contributed by atoms with Crippen LogP contribution in [0, 0.1) is 6.92 Å². The lowest BCUT2D eigenvalue weighted by Gasteiger charge is -2.23. The van der Waals surface area contributed by atoms with Gasteiger partial charge in [-0.1, -0.05) is 41.6 Å². The first kappa shape index (κ1) is 21.2. The molecule has 1 aliphatic heterocycles. The van der Waals surface area contributed by atoms with Crippen LogP contribution >= 0.6 is 0 Å². The molecule has 32 heavy (non-hydrogen) atoms. The molecule has 1 amide bonds. The summed E-state index contributed by atoms with van der Waals surface area (Å²) in [5.74, 6) is -0.285. The van der Waals surface area contributed by atoms with Crippen molar-refractivity contribution in [3.8, 4) is 11.5 Å². The summed E-state index contributed by atoms with van der Waals surface area (Å²) in [6.07, 6.45) is 0. The summed E-state index contributed by atoms with van der Waals surface area (Å²) in [6, 6.07) is 14.3. The molecule has 1 N–H and O–H groups in total. The van der Waals surface area contributed by atoms with Gasteiger partial charge >= 0.3 is 5.91 Å². The van der Waals surface area contributed by atoms with Crippen LogP contribution in [-0.2, 0) is 9.59 Å². The Balaban J connectivity index is 1.94. The maximum absolute atomic E-state index is 13.1. The van der Waals surface area contributed by atoms with Crippen LogP contribution in [0.25, 0.3) is 5.76 Å². The molecule has 4 rings (SSSR count). The highest BCUT2D eigenvalue weighted by molar-refractivity contribution is 6.51. The summed E-state index contributed by atoms with van der Waals surface area (Å²) in [7, 11) is 1.50. The van der Waals surface area contributed by atoms with E-state index >= 15 is 0 Å². The number of anilines is 1. The van der Waals surface area contributed by atoms with E-state index in [0.717, 1.165) is 0 Å². The number of benzene rings is 2. The molecule has 164 valence electrons. The van der Waals surface area contributed by atoms with Crippen LogP contribution in [0.2, 0.25) is 0 Å². The molecule has 1 fully saturated rings. The Labute approximate surface area is 184 Å². The summed E-state index contributed by atoms with van der Waals surface area (Å²) in [5, 5.41) is 15.0. The zero-order valence-corrected chi connectivity index (χ0v) is 17.9. The standard InChI is InChI=1S/C24H22N2O6/c1-4-31-17-11-10-16(13-18(17)30-3)21-20(22(27)15-8-6-5-7-9-15)23(28)24(29)26(21)19-12-14(2)32-25-19/h5-13,21,27H,4H2,1-3H3/b22-20+/t21-/m0/s1. The summed E-state index contributed by atoms with van der Waals surface area (Å²) >= 11 is 0. The van der Waals surface area contributed by atoms with E-state index in [4.69, 9.17) is 14.0 Å². The molecule has 0 saturated carbocycles. The van der Waals surface area contributed by atoms with Crippen molar-refractivity contribution in [1.29, 1.82) is 0 Å². The van der Waals surface area contributed by atoms with Gasteiger partial charge in [-0.25, -0.2) is 0 Å². The summed E-state index contributed by atoms with van der Waals surface area (Å²) in [5.41, 5.74) is 0.917. The number of methoxy groups -OCH3 is 1. The smallest absolute Gasteiger partial charge is 0.301 e. The number of aryl methyl sites for hydroxylation is 1. The third kappa shape index (κ3) is 3.60. The molecule has 1 aliphatic rings. The quantitative estimate of drug-likeness (QED) is 0.355. The average molecular weight is 434 g/mol. The second kappa shape index (κ2) is 8.58. The van der Waals surface area contributed by atoms with Crippen LogP contribution in [0.15, 0.2) is 64.7 Å². The first-order valence-corrected chi connectivity index (χ1v) is 10.1. The number of carbonyl (C=O) groups excluding carboxylic acids is 2. The zero-order valence-electron chi connectivity index (χ0n) is 17.9. The summed E-state index contributed by atoms with van der Waals surface area (Å²) in [6.45, 7) is 3.99. The molecule has 1 atom stereocenters. The lowest BCUT2D eigenvalue weighted by atomic mass is 9.95. The molecule has 0 spiro atoms. The fourth-order valence-electron chi connectivity index (χ4n) is 3.73. The predicted octanol–water partition coefficient (Wildman–Crippen LogP) is 4.02. The number of carbonyl (C=O) groups is 2. The lowest BCUT2D eigenvalue weighted by Crippen LogP contribution is -2.29. The Morgan fingerprint density at radius 1 is 1.12 bits per heavy atom. The van der Waals surface area contributed by atoms with Gasteiger partial charge in [0, 0.05) is 11.6 Å². The summed E-state index contributed by atoms with van der Waals surface area (Å²) in [4.78, 5) is 27.4. The fraction of sp³-hybridized carbons (Fsp3) is 0.208. The molecule has 2 heterocycles. The largest absolute Gasteiger partial charge is 0.507 e. The molecule has 0 unspecified atom stereocenters. The molecule has 2 aromatic carbocycles. The van der Waals surface area contributed by atoms with Crippen LogP contribution in [0.1, 0.15) is 29.9 Å². The molecule has 0 radical (unpaired) electrons. The molecule has 8 nitrogen and oxygen atoms in total. The van der Waals surface area contributed by atoms with Gasteiger partial charge in [0.05, 0.1) is 25.3 Å². The van der Waals surface area contributed by atoms with Crippen LogP contribution in [0.4, 0.5) is 5.82 Å². The molecule has 8 heteroatoms. The predicted molar refractivity (Wildman–Crippen MR) is 117 cm³/mol. The molecule has 0 aliphatic carbocycles. The minimum Gasteiger partial charge on any atom is -0.507 e. The van der Waals surface area contributed by atoms with Crippen molar-refractivity contribution < 1.29 is 28.7 Å². The van der Waals surface area contributed by atoms with E-state index in [-0.39, 0.29) is 17.2 Å². The Hall–Kier alpha value is -4.07. The van der Waals surface area contributed by atoms with E-state index in [1.54, 1.807) is 61.5 Å². The monoisotopic (exact) mass is 434 g/mol. The number of ether oxygens (including phenoxy) is 2. The minimum absolute atomic E-state index is 0.0481. The van der Waals surface area contributed by atoms with Gasteiger partial charge in [0.2, 0.25) is 0 Å². The Kier molecular flexibility index (Phi) is 5.68. The van der Waals surface area contributed by atoms with E-state index < -0.39 is 17.7 Å². The number of aromatic nitrogens is 1. The zero-order chi connectivity index (χ0) is 22.8. The normalized spacial score (nSPS) is 17.6. The van der Waals surface area contributed by atoms with Gasteiger partial charge in [0.1, 0.15) is 11.5 Å². The first-order valence-electron chi connectivity index (χ1n) is 10.1. The number of amides is 1. The van der Waals surface area contributed by atoms with Crippen LogP contribution in [0.3, 0.4) is 0 Å². The minimum atomic E-state index is -0.940. The van der Waals surface area contributed by atoms with Gasteiger partial charge in [-0.15, -0.1) is 0 Å². The van der Waals surface area contributed by atoms with Crippen molar-refractivity contribution in [3.63, 3.8) is 0 Å².